The number of carbonyl (C=O) groups is 1. The topological polar surface area (TPSA) is 71.8 Å². The maximum atomic E-state index is 12.7. The van der Waals surface area contributed by atoms with E-state index >= 15 is 0 Å². The Kier molecular flexibility index (Phi) is 5.09. The van der Waals surface area contributed by atoms with Gasteiger partial charge in [-0.15, -0.1) is 0 Å². The maximum Gasteiger partial charge on any atom is 0.253 e. The Morgan fingerprint density at radius 2 is 2.04 bits per heavy atom. The zero-order chi connectivity index (χ0) is 17.6. The molecule has 1 aromatic carbocycles. The predicted molar refractivity (Wildman–Crippen MR) is 97.1 cm³/mol. The van der Waals surface area contributed by atoms with Crippen molar-refractivity contribution in [2.24, 2.45) is 7.05 Å². The zero-order valence-corrected chi connectivity index (χ0v) is 14.3. The van der Waals surface area contributed by atoms with Gasteiger partial charge in [0.25, 0.3) is 5.91 Å². The number of benzene rings is 1. The van der Waals surface area contributed by atoms with Crippen LogP contribution < -0.4 is 10.6 Å². The third kappa shape index (κ3) is 4.23. The van der Waals surface area contributed by atoms with Crippen molar-refractivity contribution < 1.29 is 4.79 Å². The fourth-order valence-electron chi connectivity index (χ4n) is 2.56. The summed E-state index contributed by atoms with van der Waals surface area (Å²) in [5.41, 5.74) is 3.43. The smallest absolute Gasteiger partial charge is 0.253 e. The number of nitrogens with zero attached hydrogens (tertiary/aromatic N) is 3. The molecule has 0 spiro atoms. The molecule has 0 aliphatic rings. The molecule has 128 valence electrons. The molecule has 6 heteroatoms. The van der Waals surface area contributed by atoms with E-state index in [0.717, 1.165) is 16.8 Å². The van der Waals surface area contributed by atoms with Crippen LogP contribution in [0.4, 0.5) is 5.69 Å². The van der Waals surface area contributed by atoms with Crippen LogP contribution in [0.2, 0.25) is 0 Å². The average Bonchev–Trinajstić information content (AvgIpc) is 3.07. The van der Waals surface area contributed by atoms with Crippen LogP contribution in [-0.4, -0.2) is 20.7 Å². The number of carbonyl (C=O) groups excluding carboxylic acids is 1. The van der Waals surface area contributed by atoms with Crippen LogP contribution in [0.3, 0.4) is 0 Å². The van der Waals surface area contributed by atoms with E-state index in [1.165, 1.54) is 0 Å². The maximum absolute atomic E-state index is 12.7. The Morgan fingerprint density at radius 1 is 1.20 bits per heavy atom. The highest BCUT2D eigenvalue weighted by Crippen LogP contribution is 2.18. The first-order valence-electron chi connectivity index (χ1n) is 8.14. The number of hydrogen-bond donors (Lipinski definition) is 2. The van der Waals surface area contributed by atoms with Crippen LogP contribution in [0.1, 0.15) is 34.5 Å². The number of aryl methyl sites for hydroxylation is 1. The van der Waals surface area contributed by atoms with Crippen molar-refractivity contribution in [3.63, 3.8) is 0 Å². The highest BCUT2D eigenvalue weighted by molar-refractivity contribution is 5.99. The summed E-state index contributed by atoms with van der Waals surface area (Å²) in [5.74, 6) is -0.120. The van der Waals surface area contributed by atoms with Gasteiger partial charge in [-0.25, -0.2) is 0 Å². The molecule has 0 unspecified atom stereocenters. The first-order valence-corrected chi connectivity index (χ1v) is 8.14. The van der Waals surface area contributed by atoms with Gasteiger partial charge in [0.1, 0.15) is 0 Å². The fraction of sp³-hybridized carbons (Fsp3) is 0.211. The second-order valence-corrected chi connectivity index (χ2v) is 5.90. The number of aromatic nitrogens is 3. The van der Waals surface area contributed by atoms with Gasteiger partial charge in [-0.3, -0.25) is 14.5 Å². The Labute approximate surface area is 146 Å². The van der Waals surface area contributed by atoms with Gasteiger partial charge in [-0.2, -0.15) is 5.10 Å². The number of para-hydroxylation sites is 1. The molecule has 0 saturated carbocycles. The Hall–Kier alpha value is -3.15. The zero-order valence-electron chi connectivity index (χ0n) is 14.3. The summed E-state index contributed by atoms with van der Waals surface area (Å²) in [6.45, 7) is 2.55. The van der Waals surface area contributed by atoms with Crippen molar-refractivity contribution in [1.82, 2.24) is 20.1 Å². The average molecular weight is 335 g/mol. The predicted octanol–water partition coefficient (Wildman–Crippen LogP) is 2.92. The molecule has 3 aromatic rings. The van der Waals surface area contributed by atoms with Crippen LogP contribution >= 0.6 is 0 Å². The summed E-state index contributed by atoms with van der Waals surface area (Å²) in [5, 5.41) is 10.5. The van der Waals surface area contributed by atoms with Gasteiger partial charge in [-0.1, -0.05) is 18.2 Å². The number of pyridine rings is 1. The van der Waals surface area contributed by atoms with Gasteiger partial charge in [0.2, 0.25) is 0 Å². The second-order valence-electron chi connectivity index (χ2n) is 5.90. The Morgan fingerprint density at radius 3 is 2.76 bits per heavy atom. The first-order chi connectivity index (χ1) is 12.1. The van der Waals surface area contributed by atoms with Crippen molar-refractivity contribution in [3.05, 3.63) is 77.9 Å². The summed E-state index contributed by atoms with van der Waals surface area (Å²) in [4.78, 5) is 16.8. The number of nitrogens with one attached hydrogen (secondary N) is 2. The van der Waals surface area contributed by atoms with E-state index in [1.54, 1.807) is 23.3 Å². The molecule has 2 N–H and O–H groups in total. The minimum Gasteiger partial charge on any atom is -0.380 e. The SMILES string of the molecule is C[C@H](NC(=O)c1ccccc1NCc1cccnc1)c1cnn(C)c1. The van der Waals surface area contributed by atoms with Gasteiger partial charge < -0.3 is 10.6 Å². The Balaban J connectivity index is 1.70. The van der Waals surface area contributed by atoms with Gasteiger partial charge in [0.15, 0.2) is 0 Å². The summed E-state index contributed by atoms with van der Waals surface area (Å²) >= 11 is 0. The molecule has 3 rings (SSSR count). The molecule has 0 fully saturated rings. The van der Waals surface area contributed by atoms with Crippen molar-refractivity contribution in [3.8, 4) is 0 Å². The Bertz CT molecular complexity index is 844. The standard InChI is InChI=1S/C19H21N5O/c1-14(16-12-22-24(2)13-16)23-19(25)17-7-3-4-8-18(17)21-11-15-6-5-9-20-10-15/h3-10,12-14,21H,11H2,1-2H3,(H,23,25)/t14-/m0/s1. The minimum absolute atomic E-state index is 0.118. The summed E-state index contributed by atoms with van der Waals surface area (Å²) in [6, 6.07) is 11.3. The van der Waals surface area contributed by atoms with Gasteiger partial charge in [0.05, 0.1) is 17.8 Å². The molecule has 25 heavy (non-hydrogen) atoms. The third-order valence-corrected chi connectivity index (χ3v) is 3.95. The molecule has 0 aliphatic heterocycles. The quantitative estimate of drug-likeness (QED) is 0.726. The number of anilines is 1. The van der Waals surface area contributed by atoms with E-state index < -0.39 is 0 Å². The van der Waals surface area contributed by atoms with E-state index in [0.29, 0.717) is 12.1 Å². The molecule has 0 saturated heterocycles. The van der Waals surface area contributed by atoms with Crippen LogP contribution in [0, 0.1) is 0 Å². The normalized spacial score (nSPS) is 11.8. The highest BCUT2D eigenvalue weighted by Gasteiger charge is 2.15. The summed E-state index contributed by atoms with van der Waals surface area (Å²) < 4.78 is 1.72. The van der Waals surface area contributed by atoms with E-state index in [-0.39, 0.29) is 11.9 Å². The molecular formula is C19H21N5O. The largest absolute Gasteiger partial charge is 0.380 e. The second kappa shape index (κ2) is 7.61. The molecule has 2 aromatic heterocycles. The van der Waals surface area contributed by atoms with Crippen LogP contribution in [0.5, 0.6) is 0 Å². The van der Waals surface area contributed by atoms with Crippen LogP contribution in [-0.2, 0) is 13.6 Å². The molecule has 0 bridgehead atoms. The molecule has 0 radical (unpaired) electrons. The van der Waals surface area contributed by atoms with E-state index in [2.05, 4.69) is 20.7 Å². The lowest BCUT2D eigenvalue weighted by Crippen LogP contribution is -2.27. The minimum atomic E-state index is -0.120. The van der Waals surface area contributed by atoms with Gasteiger partial charge in [-0.05, 0) is 30.7 Å². The lowest BCUT2D eigenvalue weighted by atomic mass is 10.1. The van der Waals surface area contributed by atoms with Crippen LogP contribution in [0.15, 0.2) is 61.2 Å². The molecule has 6 nitrogen and oxygen atoms in total. The molecule has 1 amide bonds. The number of rotatable bonds is 6. The van der Waals surface area contributed by atoms with Gasteiger partial charge >= 0.3 is 0 Å². The van der Waals surface area contributed by atoms with E-state index in [9.17, 15) is 4.79 Å². The monoisotopic (exact) mass is 335 g/mol. The molecule has 2 heterocycles. The van der Waals surface area contributed by atoms with E-state index in [4.69, 9.17) is 0 Å². The number of amides is 1. The highest BCUT2D eigenvalue weighted by atomic mass is 16.1. The van der Waals surface area contributed by atoms with Crippen molar-refractivity contribution in [1.29, 1.82) is 0 Å². The van der Waals surface area contributed by atoms with Crippen molar-refractivity contribution in [2.75, 3.05) is 5.32 Å². The number of hydrogen-bond acceptors (Lipinski definition) is 4. The lowest BCUT2D eigenvalue weighted by Gasteiger charge is -2.15. The fourth-order valence-corrected chi connectivity index (χ4v) is 2.56. The van der Waals surface area contributed by atoms with Crippen LogP contribution in [0.25, 0.3) is 0 Å². The molecule has 1 atom stereocenters. The molecule has 0 aliphatic carbocycles. The first kappa shape index (κ1) is 16.7. The van der Waals surface area contributed by atoms with Crippen molar-refractivity contribution >= 4 is 11.6 Å². The third-order valence-electron chi connectivity index (χ3n) is 3.95. The van der Waals surface area contributed by atoms with E-state index in [1.807, 2.05) is 56.6 Å². The van der Waals surface area contributed by atoms with Gasteiger partial charge in [0, 0.05) is 43.4 Å². The summed E-state index contributed by atoms with van der Waals surface area (Å²) in [6.07, 6.45) is 7.21. The lowest BCUT2D eigenvalue weighted by molar-refractivity contribution is 0.0940. The molecular weight excluding hydrogens is 314 g/mol. The summed E-state index contributed by atoms with van der Waals surface area (Å²) in [7, 11) is 1.86. The van der Waals surface area contributed by atoms with Crippen molar-refractivity contribution in [2.45, 2.75) is 19.5 Å².